The number of halogens is 2. The van der Waals surface area contributed by atoms with Gasteiger partial charge in [0.05, 0.1) is 17.8 Å². The zero-order chi connectivity index (χ0) is 12.7. The Morgan fingerprint density at radius 3 is 3.00 bits per heavy atom. The van der Waals surface area contributed by atoms with E-state index in [0.29, 0.717) is 23.6 Å². The van der Waals surface area contributed by atoms with Crippen LogP contribution in [0.25, 0.3) is 0 Å². The highest BCUT2D eigenvalue weighted by Gasteiger charge is 2.04. The molecule has 0 radical (unpaired) electrons. The summed E-state index contributed by atoms with van der Waals surface area (Å²) in [6, 6.07) is 0. The van der Waals surface area contributed by atoms with Crippen molar-refractivity contribution in [3.8, 4) is 5.88 Å². The lowest BCUT2D eigenvalue weighted by Crippen LogP contribution is -2.08. The molecule has 96 valence electrons. The van der Waals surface area contributed by atoms with Crippen molar-refractivity contribution in [1.29, 1.82) is 0 Å². The van der Waals surface area contributed by atoms with Crippen LogP contribution in [0.1, 0.15) is 19.8 Å². The minimum Gasteiger partial charge on any atom is -0.480 e. The van der Waals surface area contributed by atoms with Gasteiger partial charge in [0.15, 0.2) is 0 Å². The first-order chi connectivity index (χ1) is 8.17. The largest absolute Gasteiger partial charge is 0.480 e. The van der Waals surface area contributed by atoms with Crippen molar-refractivity contribution < 1.29 is 4.74 Å². The van der Waals surface area contributed by atoms with Gasteiger partial charge in [-0.25, -0.2) is 4.98 Å². The molecule has 0 aliphatic rings. The van der Waals surface area contributed by atoms with Gasteiger partial charge in [-0.2, -0.15) is 4.98 Å². The van der Waals surface area contributed by atoms with Crippen molar-refractivity contribution in [3.63, 3.8) is 0 Å². The summed E-state index contributed by atoms with van der Waals surface area (Å²) in [6.07, 6.45) is 3.83. The average Bonchev–Trinajstić information content (AvgIpc) is 2.36. The summed E-state index contributed by atoms with van der Waals surface area (Å²) in [7, 11) is 1.58. The van der Waals surface area contributed by atoms with E-state index in [0.717, 1.165) is 23.9 Å². The summed E-state index contributed by atoms with van der Waals surface area (Å²) < 4.78 is 5.84. The zero-order valence-corrected chi connectivity index (χ0v) is 12.4. The molecule has 0 fully saturated rings. The molecule has 0 aromatic carbocycles. The van der Waals surface area contributed by atoms with Crippen molar-refractivity contribution in [3.05, 3.63) is 10.7 Å². The van der Waals surface area contributed by atoms with Crippen LogP contribution in [0.4, 0.5) is 5.95 Å². The third-order valence-electron chi connectivity index (χ3n) is 2.33. The highest BCUT2D eigenvalue weighted by atomic mass is 79.9. The van der Waals surface area contributed by atoms with E-state index in [1.807, 2.05) is 0 Å². The maximum Gasteiger partial charge on any atom is 0.232 e. The number of methoxy groups -OCH3 is 1. The molecule has 0 saturated carbocycles. The van der Waals surface area contributed by atoms with Gasteiger partial charge < -0.3 is 10.1 Å². The SMILES string of the molecule is COc1nc(NCCCC(C)CCl)ncc1Br. The highest BCUT2D eigenvalue weighted by Crippen LogP contribution is 2.21. The van der Waals surface area contributed by atoms with Gasteiger partial charge in [-0.05, 0) is 34.7 Å². The first kappa shape index (κ1) is 14.5. The summed E-state index contributed by atoms with van der Waals surface area (Å²) in [5.74, 6) is 2.39. The standard InChI is InChI=1S/C11H17BrClN3O/c1-8(6-13)4-3-5-14-11-15-7-9(12)10(16-11)17-2/h7-8H,3-6H2,1-2H3,(H,14,15,16). The van der Waals surface area contributed by atoms with E-state index < -0.39 is 0 Å². The molecule has 0 aliphatic heterocycles. The predicted molar refractivity (Wildman–Crippen MR) is 73.9 cm³/mol. The van der Waals surface area contributed by atoms with Crippen LogP contribution in [0, 0.1) is 5.92 Å². The molecule has 4 nitrogen and oxygen atoms in total. The lowest BCUT2D eigenvalue weighted by Gasteiger charge is -2.09. The van der Waals surface area contributed by atoms with Gasteiger partial charge in [0, 0.05) is 12.4 Å². The number of rotatable bonds is 7. The van der Waals surface area contributed by atoms with Gasteiger partial charge in [-0.15, -0.1) is 11.6 Å². The molecule has 0 saturated heterocycles. The minimum atomic E-state index is 0.539. The number of ether oxygens (including phenoxy) is 1. The minimum absolute atomic E-state index is 0.539. The third kappa shape index (κ3) is 5.08. The van der Waals surface area contributed by atoms with E-state index >= 15 is 0 Å². The Morgan fingerprint density at radius 2 is 2.35 bits per heavy atom. The van der Waals surface area contributed by atoms with Gasteiger partial charge in [-0.3, -0.25) is 0 Å². The topological polar surface area (TPSA) is 47.0 Å². The molecule has 0 bridgehead atoms. The average molecular weight is 323 g/mol. The van der Waals surface area contributed by atoms with Crippen LogP contribution < -0.4 is 10.1 Å². The predicted octanol–water partition coefficient (Wildman–Crippen LogP) is 3.31. The summed E-state index contributed by atoms with van der Waals surface area (Å²) in [5, 5.41) is 3.16. The second kappa shape index (κ2) is 7.71. The molecule has 0 amide bonds. The lowest BCUT2D eigenvalue weighted by molar-refractivity contribution is 0.394. The second-order valence-electron chi connectivity index (χ2n) is 3.88. The van der Waals surface area contributed by atoms with Crippen LogP contribution in [0.3, 0.4) is 0 Å². The highest BCUT2D eigenvalue weighted by molar-refractivity contribution is 9.10. The molecule has 17 heavy (non-hydrogen) atoms. The quantitative estimate of drug-likeness (QED) is 0.618. The number of hydrogen-bond acceptors (Lipinski definition) is 4. The molecular formula is C11H17BrClN3O. The van der Waals surface area contributed by atoms with Crippen molar-refractivity contribution in [2.75, 3.05) is 24.9 Å². The Morgan fingerprint density at radius 1 is 1.59 bits per heavy atom. The Labute approximate surface area is 115 Å². The van der Waals surface area contributed by atoms with Crippen molar-refractivity contribution in [2.24, 2.45) is 5.92 Å². The van der Waals surface area contributed by atoms with Crippen LogP contribution in [0.5, 0.6) is 5.88 Å². The Hall–Kier alpha value is -0.550. The molecular weight excluding hydrogens is 305 g/mol. The summed E-state index contributed by atoms with van der Waals surface area (Å²) in [4.78, 5) is 8.36. The van der Waals surface area contributed by atoms with Gasteiger partial charge in [-0.1, -0.05) is 6.92 Å². The number of nitrogens with zero attached hydrogens (tertiary/aromatic N) is 2. The van der Waals surface area contributed by atoms with Crippen molar-refractivity contribution >= 4 is 33.5 Å². The zero-order valence-electron chi connectivity index (χ0n) is 10.0. The van der Waals surface area contributed by atoms with Crippen molar-refractivity contribution in [1.82, 2.24) is 9.97 Å². The van der Waals surface area contributed by atoms with Crippen molar-refractivity contribution in [2.45, 2.75) is 19.8 Å². The van der Waals surface area contributed by atoms with Crippen LogP contribution in [-0.2, 0) is 0 Å². The Bertz CT molecular complexity index is 351. The van der Waals surface area contributed by atoms with Crippen LogP contribution in [0.2, 0.25) is 0 Å². The normalized spacial score (nSPS) is 12.2. The van der Waals surface area contributed by atoms with E-state index in [1.54, 1.807) is 13.3 Å². The maximum absolute atomic E-state index is 5.74. The van der Waals surface area contributed by atoms with E-state index in [4.69, 9.17) is 16.3 Å². The van der Waals surface area contributed by atoms with E-state index in [1.165, 1.54) is 0 Å². The molecule has 1 rings (SSSR count). The monoisotopic (exact) mass is 321 g/mol. The molecule has 1 aromatic heterocycles. The Kier molecular flexibility index (Phi) is 6.58. The van der Waals surface area contributed by atoms with Crippen LogP contribution in [0.15, 0.2) is 10.7 Å². The second-order valence-corrected chi connectivity index (χ2v) is 5.04. The molecule has 1 aromatic rings. The number of nitrogens with one attached hydrogen (secondary N) is 1. The van der Waals surface area contributed by atoms with Gasteiger partial charge in [0.2, 0.25) is 11.8 Å². The summed E-state index contributed by atoms with van der Waals surface area (Å²) in [5.41, 5.74) is 0. The first-order valence-electron chi connectivity index (χ1n) is 5.53. The van der Waals surface area contributed by atoms with Gasteiger partial charge >= 0.3 is 0 Å². The lowest BCUT2D eigenvalue weighted by atomic mass is 10.1. The third-order valence-corrected chi connectivity index (χ3v) is 3.40. The van der Waals surface area contributed by atoms with E-state index in [2.05, 4.69) is 38.1 Å². The van der Waals surface area contributed by atoms with E-state index in [9.17, 15) is 0 Å². The molecule has 1 heterocycles. The molecule has 1 unspecified atom stereocenters. The molecule has 1 atom stereocenters. The number of alkyl halides is 1. The fourth-order valence-electron chi connectivity index (χ4n) is 1.31. The van der Waals surface area contributed by atoms with Crippen LogP contribution in [-0.4, -0.2) is 29.5 Å². The first-order valence-corrected chi connectivity index (χ1v) is 6.86. The maximum atomic E-state index is 5.74. The number of anilines is 1. The fourth-order valence-corrected chi connectivity index (χ4v) is 1.81. The Balaban J connectivity index is 2.36. The number of hydrogen-bond donors (Lipinski definition) is 1. The molecule has 0 aliphatic carbocycles. The van der Waals surface area contributed by atoms with Crippen LogP contribution >= 0.6 is 27.5 Å². The van der Waals surface area contributed by atoms with Gasteiger partial charge in [0.1, 0.15) is 0 Å². The van der Waals surface area contributed by atoms with E-state index in [-0.39, 0.29) is 0 Å². The number of aromatic nitrogens is 2. The van der Waals surface area contributed by atoms with Gasteiger partial charge in [0.25, 0.3) is 0 Å². The smallest absolute Gasteiger partial charge is 0.232 e. The fraction of sp³-hybridized carbons (Fsp3) is 0.636. The molecule has 0 spiro atoms. The summed E-state index contributed by atoms with van der Waals surface area (Å²) in [6.45, 7) is 2.98. The molecule has 6 heteroatoms. The molecule has 1 N–H and O–H groups in total. The summed E-state index contributed by atoms with van der Waals surface area (Å²) >= 11 is 9.05.